The third-order valence-electron chi connectivity index (χ3n) is 4.09. The highest BCUT2D eigenvalue weighted by atomic mass is 32.1. The maximum Gasteiger partial charge on any atom is 0.251 e. The predicted molar refractivity (Wildman–Crippen MR) is 95.0 cm³/mol. The van der Waals surface area contributed by atoms with Gasteiger partial charge in [-0.1, -0.05) is 24.3 Å². The summed E-state index contributed by atoms with van der Waals surface area (Å²) in [4.78, 5) is 12.2. The Bertz CT molecular complexity index is 853. The van der Waals surface area contributed by atoms with E-state index in [4.69, 9.17) is 0 Å². The highest BCUT2D eigenvalue weighted by Crippen LogP contribution is 2.29. The standard InChI is InChI=1S/C19H19NO2S/c1-12-7-8-14(9-13(12)2)19(22)20-10-17(21)16-11-23-18-6-4-3-5-15(16)18/h3-9,11,17,21H,10H2,1-2H3,(H,20,22). The van der Waals surface area contributed by atoms with E-state index in [2.05, 4.69) is 5.32 Å². The van der Waals surface area contributed by atoms with Crippen LogP contribution in [0.15, 0.2) is 47.8 Å². The van der Waals surface area contributed by atoms with Gasteiger partial charge in [0, 0.05) is 22.4 Å². The molecule has 1 unspecified atom stereocenters. The number of thiophene rings is 1. The number of hydrogen-bond donors (Lipinski definition) is 2. The van der Waals surface area contributed by atoms with Crippen LogP contribution in [0.3, 0.4) is 0 Å². The number of rotatable bonds is 4. The first kappa shape index (κ1) is 15.7. The van der Waals surface area contributed by atoms with Crippen LogP contribution in [-0.2, 0) is 0 Å². The Morgan fingerprint density at radius 3 is 2.74 bits per heavy atom. The number of fused-ring (bicyclic) bond motifs is 1. The molecule has 118 valence electrons. The second kappa shape index (κ2) is 6.52. The SMILES string of the molecule is Cc1ccc(C(=O)NCC(O)c2csc3ccccc23)cc1C. The van der Waals surface area contributed by atoms with Crippen molar-refractivity contribution in [2.45, 2.75) is 20.0 Å². The number of aryl methyl sites for hydroxylation is 2. The van der Waals surface area contributed by atoms with Crippen molar-refractivity contribution in [3.63, 3.8) is 0 Å². The molecule has 1 heterocycles. The van der Waals surface area contributed by atoms with E-state index in [-0.39, 0.29) is 12.5 Å². The Hall–Kier alpha value is -2.17. The minimum absolute atomic E-state index is 0.160. The third kappa shape index (κ3) is 3.28. The van der Waals surface area contributed by atoms with Crippen LogP contribution in [0.2, 0.25) is 0 Å². The molecule has 3 rings (SSSR count). The molecule has 0 aliphatic rings. The quantitative estimate of drug-likeness (QED) is 0.762. The fourth-order valence-corrected chi connectivity index (χ4v) is 3.55. The molecular weight excluding hydrogens is 306 g/mol. The van der Waals surface area contributed by atoms with Crippen molar-refractivity contribution < 1.29 is 9.90 Å². The Kier molecular flexibility index (Phi) is 4.46. The highest BCUT2D eigenvalue weighted by Gasteiger charge is 2.15. The Morgan fingerprint density at radius 2 is 1.96 bits per heavy atom. The van der Waals surface area contributed by atoms with Crippen LogP contribution >= 0.6 is 11.3 Å². The number of aliphatic hydroxyl groups excluding tert-OH is 1. The van der Waals surface area contributed by atoms with E-state index < -0.39 is 6.10 Å². The summed E-state index contributed by atoms with van der Waals surface area (Å²) in [5.41, 5.74) is 3.73. The van der Waals surface area contributed by atoms with Gasteiger partial charge in [0.05, 0.1) is 6.10 Å². The summed E-state index contributed by atoms with van der Waals surface area (Å²) >= 11 is 1.60. The lowest BCUT2D eigenvalue weighted by atomic mass is 10.1. The molecule has 3 aromatic rings. The van der Waals surface area contributed by atoms with Gasteiger partial charge in [-0.3, -0.25) is 4.79 Å². The Balaban J connectivity index is 1.70. The molecular formula is C19H19NO2S. The summed E-state index contributed by atoms with van der Waals surface area (Å²) in [7, 11) is 0. The first-order valence-corrected chi connectivity index (χ1v) is 8.44. The van der Waals surface area contributed by atoms with E-state index in [0.29, 0.717) is 5.56 Å². The van der Waals surface area contributed by atoms with Crippen LogP contribution in [0.1, 0.15) is 33.2 Å². The highest BCUT2D eigenvalue weighted by molar-refractivity contribution is 7.17. The molecule has 0 saturated carbocycles. The number of aliphatic hydroxyl groups is 1. The molecule has 0 spiro atoms. The van der Waals surface area contributed by atoms with Crippen molar-refractivity contribution in [1.82, 2.24) is 5.32 Å². The average molecular weight is 325 g/mol. The molecule has 0 bridgehead atoms. The van der Waals surface area contributed by atoms with Gasteiger partial charge < -0.3 is 10.4 Å². The molecule has 0 saturated heterocycles. The first-order chi connectivity index (χ1) is 11.1. The summed E-state index contributed by atoms with van der Waals surface area (Å²) < 4.78 is 1.14. The molecule has 2 N–H and O–H groups in total. The molecule has 0 aliphatic heterocycles. The van der Waals surface area contributed by atoms with Crippen molar-refractivity contribution >= 4 is 27.3 Å². The van der Waals surface area contributed by atoms with E-state index >= 15 is 0 Å². The number of benzene rings is 2. The second-order valence-electron chi connectivity index (χ2n) is 5.71. The molecule has 0 fully saturated rings. The lowest BCUT2D eigenvalue weighted by Gasteiger charge is -2.12. The molecule has 1 amide bonds. The lowest BCUT2D eigenvalue weighted by molar-refractivity contribution is 0.0917. The van der Waals surface area contributed by atoms with Gasteiger partial charge in [-0.15, -0.1) is 11.3 Å². The van der Waals surface area contributed by atoms with Crippen LogP contribution in [0.4, 0.5) is 0 Å². The van der Waals surface area contributed by atoms with Crippen molar-refractivity contribution in [2.75, 3.05) is 6.54 Å². The zero-order chi connectivity index (χ0) is 16.4. The topological polar surface area (TPSA) is 49.3 Å². The smallest absolute Gasteiger partial charge is 0.251 e. The normalized spacial score (nSPS) is 12.3. The van der Waals surface area contributed by atoms with Gasteiger partial charge in [-0.2, -0.15) is 0 Å². The van der Waals surface area contributed by atoms with E-state index in [1.165, 1.54) is 0 Å². The minimum Gasteiger partial charge on any atom is -0.387 e. The van der Waals surface area contributed by atoms with Crippen LogP contribution < -0.4 is 5.32 Å². The molecule has 3 nitrogen and oxygen atoms in total. The van der Waals surface area contributed by atoms with Crippen molar-refractivity contribution in [1.29, 1.82) is 0 Å². The zero-order valence-corrected chi connectivity index (χ0v) is 14.0. The van der Waals surface area contributed by atoms with Gasteiger partial charge in [0.2, 0.25) is 0 Å². The van der Waals surface area contributed by atoms with Gasteiger partial charge in [0.25, 0.3) is 5.91 Å². The molecule has 23 heavy (non-hydrogen) atoms. The number of amides is 1. The Labute approximate surface area is 139 Å². The van der Waals surface area contributed by atoms with E-state index in [1.54, 1.807) is 11.3 Å². The first-order valence-electron chi connectivity index (χ1n) is 7.56. The number of hydrogen-bond acceptors (Lipinski definition) is 3. The Morgan fingerprint density at radius 1 is 1.17 bits per heavy atom. The number of carbonyl (C=O) groups is 1. The molecule has 0 aliphatic carbocycles. The number of nitrogens with one attached hydrogen (secondary N) is 1. The fourth-order valence-electron chi connectivity index (χ4n) is 2.54. The van der Waals surface area contributed by atoms with Crippen LogP contribution in [0, 0.1) is 13.8 Å². The summed E-state index contributed by atoms with van der Waals surface area (Å²) in [6.45, 7) is 4.20. The summed E-state index contributed by atoms with van der Waals surface area (Å²) in [6.07, 6.45) is -0.707. The molecule has 4 heteroatoms. The van der Waals surface area contributed by atoms with Crippen LogP contribution in [0.5, 0.6) is 0 Å². The molecule has 1 atom stereocenters. The largest absolute Gasteiger partial charge is 0.387 e. The predicted octanol–water partition coefficient (Wildman–Crippen LogP) is 3.98. The van der Waals surface area contributed by atoms with Crippen molar-refractivity contribution in [3.8, 4) is 0 Å². The fraction of sp³-hybridized carbons (Fsp3) is 0.211. The van der Waals surface area contributed by atoms with Gasteiger partial charge in [-0.25, -0.2) is 0 Å². The summed E-state index contributed by atoms with van der Waals surface area (Å²) in [5, 5.41) is 16.2. The second-order valence-corrected chi connectivity index (χ2v) is 6.62. The van der Waals surface area contributed by atoms with Crippen LogP contribution in [0.25, 0.3) is 10.1 Å². The van der Waals surface area contributed by atoms with E-state index in [0.717, 1.165) is 26.8 Å². The van der Waals surface area contributed by atoms with Crippen molar-refractivity contribution in [3.05, 3.63) is 70.1 Å². The number of carbonyl (C=O) groups excluding carboxylic acids is 1. The average Bonchev–Trinajstić information content (AvgIpc) is 2.99. The maximum atomic E-state index is 12.2. The molecule has 0 radical (unpaired) electrons. The molecule has 1 aromatic heterocycles. The minimum atomic E-state index is -0.707. The molecule has 2 aromatic carbocycles. The third-order valence-corrected chi connectivity index (χ3v) is 5.08. The van der Waals surface area contributed by atoms with Gasteiger partial charge >= 0.3 is 0 Å². The van der Waals surface area contributed by atoms with Crippen molar-refractivity contribution in [2.24, 2.45) is 0 Å². The van der Waals surface area contributed by atoms with Crippen LogP contribution in [-0.4, -0.2) is 17.6 Å². The monoisotopic (exact) mass is 325 g/mol. The lowest BCUT2D eigenvalue weighted by Crippen LogP contribution is -2.28. The zero-order valence-electron chi connectivity index (χ0n) is 13.2. The van der Waals surface area contributed by atoms with Gasteiger partial charge in [0.15, 0.2) is 0 Å². The van der Waals surface area contributed by atoms with Gasteiger partial charge in [-0.05, 0) is 53.9 Å². The summed E-state index contributed by atoms with van der Waals surface area (Å²) in [6, 6.07) is 13.6. The van der Waals surface area contributed by atoms with Gasteiger partial charge in [0.1, 0.15) is 0 Å². The maximum absolute atomic E-state index is 12.2. The van der Waals surface area contributed by atoms with E-state index in [1.807, 2.05) is 61.7 Å². The summed E-state index contributed by atoms with van der Waals surface area (Å²) in [5.74, 6) is -0.160. The van der Waals surface area contributed by atoms with E-state index in [9.17, 15) is 9.90 Å².